The number of carboxylic acids is 1. The van der Waals surface area contributed by atoms with Crippen LogP contribution < -0.4 is 0 Å². The average Bonchev–Trinajstić information content (AvgIpc) is 2.29. The standard InChI is InChI=1S/C9H8O2.C4H6/c1-2-7-5-3-4-6-8(7)9(10)11;1-3-4-2/h2-6H,1H2,(H,10,11);3-4H,1-2H2. The fourth-order valence-electron chi connectivity index (χ4n) is 0.870. The first-order chi connectivity index (χ1) is 7.17. The molecule has 0 aliphatic carbocycles. The van der Waals surface area contributed by atoms with Crippen LogP contribution in [0.25, 0.3) is 6.08 Å². The monoisotopic (exact) mass is 202 g/mol. The van der Waals surface area contributed by atoms with E-state index in [9.17, 15) is 4.79 Å². The van der Waals surface area contributed by atoms with Crippen molar-refractivity contribution in [1.29, 1.82) is 0 Å². The molecule has 0 spiro atoms. The average molecular weight is 202 g/mol. The van der Waals surface area contributed by atoms with E-state index in [1.807, 2.05) is 0 Å². The summed E-state index contributed by atoms with van der Waals surface area (Å²) in [6.45, 7) is 10.2. The van der Waals surface area contributed by atoms with Gasteiger partial charge in [-0.25, -0.2) is 4.79 Å². The van der Waals surface area contributed by atoms with Crippen molar-refractivity contribution in [2.75, 3.05) is 0 Å². The molecule has 0 fully saturated rings. The second-order valence-corrected chi connectivity index (χ2v) is 2.57. The molecule has 0 aliphatic rings. The maximum absolute atomic E-state index is 10.5. The number of allylic oxidation sites excluding steroid dienone is 2. The number of carbonyl (C=O) groups is 1. The Morgan fingerprint density at radius 3 is 2.00 bits per heavy atom. The molecule has 2 nitrogen and oxygen atoms in total. The Kier molecular flexibility index (Phi) is 6.31. The van der Waals surface area contributed by atoms with E-state index in [1.54, 1.807) is 36.4 Å². The molecule has 0 saturated carbocycles. The molecule has 0 atom stereocenters. The second-order valence-electron chi connectivity index (χ2n) is 2.57. The molecule has 2 heteroatoms. The Hall–Kier alpha value is -2.09. The van der Waals surface area contributed by atoms with E-state index in [0.29, 0.717) is 11.1 Å². The van der Waals surface area contributed by atoms with Gasteiger partial charge in [-0.2, -0.15) is 0 Å². The van der Waals surface area contributed by atoms with E-state index in [0.717, 1.165) is 0 Å². The van der Waals surface area contributed by atoms with Crippen molar-refractivity contribution in [2.24, 2.45) is 0 Å². The van der Waals surface area contributed by atoms with Crippen LogP contribution in [0, 0.1) is 0 Å². The number of carboxylic acid groups (broad SMARTS) is 1. The molecule has 1 N–H and O–H groups in total. The molecule has 0 unspecified atom stereocenters. The van der Waals surface area contributed by atoms with E-state index in [1.165, 1.54) is 6.08 Å². The van der Waals surface area contributed by atoms with Crippen molar-refractivity contribution in [3.8, 4) is 0 Å². The summed E-state index contributed by atoms with van der Waals surface area (Å²) in [4.78, 5) is 10.5. The van der Waals surface area contributed by atoms with E-state index >= 15 is 0 Å². The van der Waals surface area contributed by atoms with Gasteiger partial charge in [0.1, 0.15) is 0 Å². The zero-order valence-electron chi connectivity index (χ0n) is 8.52. The van der Waals surface area contributed by atoms with Gasteiger partial charge < -0.3 is 5.11 Å². The number of hydrogen-bond donors (Lipinski definition) is 1. The summed E-state index contributed by atoms with van der Waals surface area (Å²) in [5.74, 6) is -0.916. The quantitative estimate of drug-likeness (QED) is 0.763. The first kappa shape index (κ1) is 12.9. The van der Waals surface area contributed by atoms with E-state index < -0.39 is 5.97 Å². The summed E-state index contributed by atoms with van der Waals surface area (Å²) in [6.07, 6.45) is 4.81. The molecule has 0 saturated heterocycles. The topological polar surface area (TPSA) is 37.3 Å². The Balaban J connectivity index is 0.000000423. The van der Waals surface area contributed by atoms with Gasteiger partial charge >= 0.3 is 5.97 Å². The van der Waals surface area contributed by atoms with Crippen molar-refractivity contribution in [1.82, 2.24) is 0 Å². The predicted molar refractivity (Wildman–Crippen MR) is 63.9 cm³/mol. The molecular weight excluding hydrogens is 188 g/mol. The lowest BCUT2D eigenvalue weighted by Gasteiger charge is -1.97. The van der Waals surface area contributed by atoms with Crippen LogP contribution in [0.5, 0.6) is 0 Å². The van der Waals surface area contributed by atoms with E-state index in [-0.39, 0.29) is 0 Å². The lowest BCUT2D eigenvalue weighted by molar-refractivity contribution is 0.0696. The third kappa shape index (κ3) is 4.62. The molecule has 1 rings (SSSR count). The Bertz CT molecular complexity index is 359. The predicted octanol–water partition coefficient (Wildman–Crippen LogP) is 3.39. The number of benzene rings is 1. The van der Waals surface area contributed by atoms with Gasteiger partial charge in [0.05, 0.1) is 5.56 Å². The van der Waals surface area contributed by atoms with E-state index in [4.69, 9.17) is 5.11 Å². The van der Waals surface area contributed by atoms with Gasteiger partial charge in [0.15, 0.2) is 0 Å². The van der Waals surface area contributed by atoms with Gasteiger partial charge in [-0.15, -0.1) is 0 Å². The lowest BCUT2D eigenvalue weighted by Crippen LogP contribution is -1.98. The van der Waals surface area contributed by atoms with Crippen LogP contribution in [0.15, 0.2) is 56.2 Å². The van der Waals surface area contributed by atoms with Crippen LogP contribution in [-0.4, -0.2) is 11.1 Å². The molecule has 0 radical (unpaired) electrons. The molecule has 0 heterocycles. The third-order valence-corrected chi connectivity index (χ3v) is 1.58. The van der Waals surface area contributed by atoms with Crippen LogP contribution in [0.3, 0.4) is 0 Å². The minimum Gasteiger partial charge on any atom is -0.478 e. The molecule has 0 aromatic heterocycles. The van der Waals surface area contributed by atoms with Gasteiger partial charge in [-0.05, 0) is 11.6 Å². The summed E-state index contributed by atoms with van der Waals surface area (Å²) in [7, 11) is 0. The Morgan fingerprint density at radius 2 is 1.67 bits per heavy atom. The Labute approximate surface area is 89.9 Å². The highest BCUT2D eigenvalue weighted by atomic mass is 16.4. The van der Waals surface area contributed by atoms with Crippen molar-refractivity contribution < 1.29 is 9.90 Å². The minimum absolute atomic E-state index is 0.294. The highest BCUT2D eigenvalue weighted by Crippen LogP contribution is 2.08. The lowest BCUT2D eigenvalue weighted by atomic mass is 10.1. The third-order valence-electron chi connectivity index (χ3n) is 1.58. The van der Waals surface area contributed by atoms with Crippen LogP contribution >= 0.6 is 0 Å². The number of hydrogen-bond acceptors (Lipinski definition) is 1. The first-order valence-corrected chi connectivity index (χ1v) is 4.35. The summed E-state index contributed by atoms with van der Waals surface area (Å²) in [5.41, 5.74) is 0.947. The molecule has 1 aromatic carbocycles. The van der Waals surface area contributed by atoms with E-state index in [2.05, 4.69) is 19.7 Å². The maximum atomic E-state index is 10.5. The maximum Gasteiger partial charge on any atom is 0.336 e. The SMILES string of the molecule is C=CC=C.C=Cc1ccccc1C(=O)O. The Morgan fingerprint density at radius 1 is 1.13 bits per heavy atom. The fraction of sp³-hybridized carbons (Fsp3) is 0. The summed E-state index contributed by atoms with van der Waals surface area (Å²) < 4.78 is 0. The summed E-state index contributed by atoms with van der Waals surface area (Å²) >= 11 is 0. The van der Waals surface area contributed by atoms with Gasteiger partial charge in [0.25, 0.3) is 0 Å². The van der Waals surface area contributed by atoms with Crippen LogP contribution in [0.1, 0.15) is 15.9 Å². The van der Waals surface area contributed by atoms with Crippen molar-refractivity contribution >= 4 is 12.0 Å². The molecular formula is C13H14O2. The summed E-state index contributed by atoms with van der Waals surface area (Å²) in [5, 5.41) is 8.65. The second kappa shape index (κ2) is 7.33. The molecule has 78 valence electrons. The molecule has 0 bridgehead atoms. The van der Waals surface area contributed by atoms with Crippen molar-refractivity contribution in [3.05, 3.63) is 67.3 Å². The van der Waals surface area contributed by atoms with Crippen LogP contribution in [0.2, 0.25) is 0 Å². The normalized spacial score (nSPS) is 8.00. The molecule has 0 aliphatic heterocycles. The van der Waals surface area contributed by atoms with Crippen LogP contribution in [-0.2, 0) is 0 Å². The van der Waals surface area contributed by atoms with Gasteiger partial charge in [0, 0.05) is 0 Å². The zero-order valence-corrected chi connectivity index (χ0v) is 8.52. The van der Waals surface area contributed by atoms with Gasteiger partial charge in [0.2, 0.25) is 0 Å². The smallest absolute Gasteiger partial charge is 0.336 e. The van der Waals surface area contributed by atoms with Crippen LogP contribution in [0.4, 0.5) is 0 Å². The van der Waals surface area contributed by atoms with Crippen molar-refractivity contribution in [2.45, 2.75) is 0 Å². The fourth-order valence-corrected chi connectivity index (χ4v) is 0.870. The molecule has 0 amide bonds. The van der Waals surface area contributed by atoms with Gasteiger partial charge in [-0.3, -0.25) is 0 Å². The molecule has 1 aromatic rings. The highest BCUT2D eigenvalue weighted by Gasteiger charge is 2.04. The van der Waals surface area contributed by atoms with Crippen molar-refractivity contribution in [3.63, 3.8) is 0 Å². The molecule has 15 heavy (non-hydrogen) atoms. The summed E-state index contributed by atoms with van der Waals surface area (Å²) in [6, 6.07) is 6.75. The number of rotatable bonds is 3. The highest BCUT2D eigenvalue weighted by molar-refractivity contribution is 5.91. The number of aromatic carboxylic acids is 1. The van der Waals surface area contributed by atoms with Gasteiger partial charge in [-0.1, -0.05) is 56.2 Å². The zero-order chi connectivity index (χ0) is 11.7. The first-order valence-electron chi connectivity index (χ1n) is 4.35. The largest absolute Gasteiger partial charge is 0.478 e. The minimum atomic E-state index is -0.916.